The van der Waals surface area contributed by atoms with Crippen molar-refractivity contribution in [1.82, 2.24) is 20.1 Å². The van der Waals surface area contributed by atoms with Crippen LogP contribution >= 0.6 is 23.6 Å². The highest BCUT2D eigenvalue weighted by atomic mass is 32.1. The number of H-pyrrole nitrogens is 1. The summed E-state index contributed by atoms with van der Waals surface area (Å²) in [6.45, 7) is 1.59. The van der Waals surface area contributed by atoms with Gasteiger partial charge in [0.25, 0.3) is 0 Å². The van der Waals surface area contributed by atoms with E-state index in [0.717, 1.165) is 17.0 Å². The van der Waals surface area contributed by atoms with Gasteiger partial charge in [0, 0.05) is 11.6 Å². The van der Waals surface area contributed by atoms with Crippen molar-refractivity contribution in [1.29, 1.82) is 5.26 Å². The summed E-state index contributed by atoms with van der Waals surface area (Å²) in [4.78, 5) is 13.5. The Morgan fingerprint density at radius 1 is 1.44 bits per heavy atom. The van der Waals surface area contributed by atoms with E-state index < -0.39 is 29.6 Å². The first-order valence-corrected chi connectivity index (χ1v) is 9.07. The molecule has 0 bridgehead atoms. The third-order valence-corrected chi connectivity index (χ3v) is 5.06. The molecule has 6 nitrogen and oxygen atoms in total. The molecule has 0 aliphatic heterocycles. The molecule has 0 saturated carbocycles. The van der Waals surface area contributed by atoms with Crippen LogP contribution in [-0.2, 0) is 4.79 Å². The van der Waals surface area contributed by atoms with Crippen molar-refractivity contribution in [3.63, 3.8) is 0 Å². The number of hydrogen-bond donors (Lipinski definition) is 2. The van der Waals surface area contributed by atoms with Crippen molar-refractivity contribution in [3.8, 4) is 16.8 Å². The Kier molecular flexibility index (Phi) is 5.43. The van der Waals surface area contributed by atoms with E-state index in [1.165, 1.54) is 15.9 Å². The molecule has 0 fully saturated rings. The second kappa shape index (κ2) is 7.77. The number of aromatic amines is 1. The molecular formula is C17H13F2N5OS2. The molecular weight excluding hydrogens is 392 g/mol. The first-order chi connectivity index (χ1) is 12.9. The van der Waals surface area contributed by atoms with Crippen molar-refractivity contribution >= 4 is 29.5 Å². The molecule has 2 atom stereocenters. The highest BCUT2D eigenvalue weighted by molar-refractivity contribution is 7.71. The fourth-order valence-corrected chi connectivity index (χ4v) is 3.54. The fraction of sp³-hybridized carbons (Fsp3) is 0.176. The largest absolute Gasteiger partial charge is 0.335 e. The Bertz CT molecular complexity index is 1070. The van der Waals surface area contributed by atoms with Crippen LogP contribution in [-0.4, -0.2) is 20.7 Å². The van der Waals surface area contributed by atoms with Gasteiger partial charge in [-0.15, -0.1) is 11.3 Å². The molecule has 2 N–H and O–H groups in total. The smallest absolute Gasteiger partial charge is 0.244 e. The van der Waals surface area contributed by atoms with E-state index in [4.69, 9.17) is 12.2 Å². The molecule has 2 heterocycles. The maximum atomic E-state index is 13.9. The summed E-state index contributed by atoms with van der Waals surface area (Å²) in [6.07, 6.45) is 0. The molecule has 2 aromatic heterocycles. The Hall–Kier alpha value is -2.90. The maximum Gasteiger partial charge on any atom is 0.244 e. The highest BCUT2D eigenvalue weighted by Crippen LogP contribution is 2.26. The number of hydrogen-bond acceptors (Lipinski definition) is 5. The Balaban J connectivity index is 1.87. The summed E-state index contributed by atoms with van der Waals surface area (Å²) in [5, 5.41) is 20.5. The molecule has 3 aromatic rings. The molecule has 0 aliphatic rings. The van der Waals surface area contributed by atoms with Gasteiger partial charge in [-0.3, -0.25) is 14.5 Å². The number of nitrogens with one attached hydrogen (secondary N) is 2. The van der Waals surface area contributed by atoms with Crippen LogP contribution in [0.4, 0.5) is 8.78 Å². The standard InChI is InChI=1S/C17H13F2N5OS2/c1-9(24-15(22-23-17(24)26)14-3-2-6-27-14)16(25)21-13(8-20)11-5-4-10(18)7-12(11)19/h2-7,9,13H,1H3,(H,21,25)(H,23,26). The van der Waals surface area contributed by atoms with E-state index in [-0.39, 0.29) is 10.3 Å². The Morgan fingerprint density at radius 2 is 2.22 bits per heavy atom. The van der Waals surface area contributed by atoms with Gasteiger partial charge in [0.1, 0.15) is 23.7 Å². The summed E-state index contributed by atoms with van der Waals surface area (Å²) in [6, 6.07) is 6.23. The van der Waals surface area contributed by atoms with Gasteiger partial charge >= 0.3 is 0 Å². The summed E-state index contributed by atoms with van der Waals surface area (Å²) < 4.78 is 28.8. The van der Waals surface area contributed by atoms with Gasteiger partial charge in [-0.1, -0.05) is 12.1 Å². The molecule has 3 rings (SSSR count). The minimum absolute atomic E-state index is 0.117. The van der Waals surface area contributed by atoms with Crippen molar-refractivity contribution in [2.45, 2.75) is 19.0 Å². The highest BCUT2D eigenvalue weighted by Gasteiger charge is 2.25. The van der Waals surface area contributed by atoms with Crippen LogP contribution in [0.1, 0.15) is 24.6 Å². The molecule has 0 radical (unpaired) electrons. The predicted octanol–water partition coefficient (Wildman–Crippen LogP) is 3.89. The fourth-order valence-electron chi connectivity index (χ4n) is 2.54. The van der Waals surface area contributed by atoms with Crippen LogP contribution < -0.4 is 5.32 Å². The zero-order chi connectivity index (χ0) is 19.6. The maximum absolute atomic E-state index is 13.9. The Labute approximate surface area is 162 Å². The minimum atomic E-state index is -1.27. The van der Waals surface area contributed by atoms with Crippen LogP contribution in [0, 0.1) is 27.7 Å². The van der Waals surface area contributed by atoms with Gasteiger partial charge in [-0.05, 0) is 36.7 Å². The summed E-state index contributed by atoms with van der Waals surface area (Å²) >= 11 is 6.65. The van der Waals surface area contributed by atoms with Gasteiger partial charge < -0.3 is 5.32 Å². The van der Waals surface area contributed by atoms with Crippen LogP contribution in [0.25, 0.3) is 10.7 Å². The third kappa shape index (κ3) is 3.79. The molecule has 27 heavy (non-hydrogen) atoms. The third-order valence-electron chi connectivity index (χ3n) is 3.90. The molecule has 0 saturated heterocycles. The lowest BCUT2D eigenvalue weighted by Gasteiger charge is -2.18. The summed E-state index contributed by atoms with van der Waals surface area (Å²) in [7, 11) is 0. The Morgan fingerprint density at radius 3 is 2.85 bits per heavy atom. The van der Waals surface area contributed by atoms with E-state index >= 15 is 0 Å². The quantitative estimate of drug-likeness (QED) is 0.631. The lowest BCUT2D eigenvalue weighted by Crippen LogP contribution is -2.34. The first-order valence-electron chi connectivity index (χ1n) is 7.78. The zero-order valence-corrected chi connectivity index (χ0v) is 15.6. The molecule has 1 amide bonds. The molecule has 138 valence electrons. The first kappa shape index (κ1) is 18.9. The van der Waals surface area contributed by atoms with Crippen LogP contribution in [0.5, 0.6) is 0 Å². The van der Waals surface area contributed by atoms with Crippen molar-refractivity contribution in [2.24, 2.45) is 0 Å². The van der Waals surface area contributed by atoms with Gasteiger partial charge in [0.05, 0.1) is 10.9 Å². The number of nitriles is 1. The number of carbonyl (C=O) groups is 1. The van der Waals surface area contributed by atoms with Crippen LogP contribution in [0.15, 0.2) is 35.7 Å². The van der Waals surface area contributed by atoms with E-state index in [1.807, 2.05) is 23.6 Å². The number of rotatable bonds is 5. The van der Waals surface area contributed by atoms with Crippen LogP contribution in [0.3, 0.4) is 0 Å². The van der Waals surface area contributed by atoms with Gasteiger partial charge in [0.2, 0.25) is 5.91 Å². The predicted molar refractivity (Wildman–Crippen MR) is 98.3 cm³/mol. The number of amides is 1. The average Bonchev–Trinajstić information content (AvgIpc) is 3.28. The number of aromatic nitrogens is 3. The second-order valence-corrected chi connectivity index (χ2v) is 6.95. The monoisotopic (exact) mass is 405 g/mol. The topological polar surface area (TPSA) is 86.5 Å². The zero-order valence-electron chi connectivity index (χ0n) is 13.9. The van der Waals surface area contributed by atoms with E-state index in [2.05, 4.69) is 15.5 Å². The number of halogens is 2. The second-order valence-electron chi connectivity index (χ2n) is 5.61. The molecule has 1 aromatic carbocycles. The number of carbonyl (C=O) groups excluding carboxylic acids is 1. The lowest BCUT2D eigenvalue weighted by atomic mass is 10.1. The van der Waals surface area contributed by atoms with Crippen LogP contribution in [0.2, 0.25) is 0 Å². The van der Waals surface area contributed by atoms with E-state index in [9.17, 15) is 18.8 Å². The normalized spacial score (nSPS) is 13.0. The SMILES string of the molecule is CC(C(=O)NC(C#N)c1ccc(F)cc1F)n1c(-c2cccs2)n[nH]c1=S. The number of thiophene rings is 1. The van der Waals surface area contributed by atoms with Crippen molar-refractivity contribution < 1.29 is 13.6 Å². The average molecular weight is 405 g/mol. The van der Waals surface area contributed by atoms with Gasteiger partial charge in [0.15, 0.2) is 10.6 Å². The number of nitrogens with zero attached hydrogens (tertiary/aromatic N) is 3. The molecule has 0 spiro atoms. The summed E-state index contributed by atoms with van der Waals surface area (Å²) in [5.74, 6) is -1.74. The van der Waals surface area contributed by atoms with Gasteiger partial charge in [-0.25, -0.2) is 8.78 Å². The van der Waals surface area contributed by atoms with Crippen molar-refractivity contribution in [2.75, 3.05) is 0 Å². The van der Waals surface area contributed by atoms with E-state index in [0.29, 0.717) is 11.9 Å². The molecule has 10 heteroatoms. The lowest BCUT2D eigenvalue weighted by molar-refractivity contribution is -0.124. The van der Waals surface area contributed by atoms with Crippen molar-refractivity contribution in [3.05, 3.63) is 57.7 Å². The minimum Gasteiger partial charge on any atom is -0.335 e. The summed E-state index contributed by atoms with van der Waals surface area (Å²) in [5.41, 5.74) is -0.117. The van der Waals surface area contributed by atoms with E-state index in [1.54, 1.807) is 6.92 Å². The molecule has 0 aliphatic carbocycles. The number of benzene rings is 1. The van der Waals surface area contributed by atoms with Gasteiger partial charge in [-0.2, -0.15) is 10.4 Å². The molecule has 2 unspecified atom stereocenters.